The van der Waals surface area contributed by atoms with Gasteiger partial charge in [-0.3, -0.25) is 24.0 Å². The summed E-state index contributed by atoms with van der Waals surface area (Å²) >= 11 is 0. The minimum absolute atomic E-state index is 0.228. The summed E-state index contributed by atoms with van der Waals surface area (Å²) in [5.41, 5.74) is 0. The summed E-state index contributed by atoms with van der Waals surface area (Å²) in [6.07, 6.45) is 4.13. The summed E-state index contributed by atoms with van der Waals surface area (Å²) in [7, 11) is 0. The first-order valence-corrected chi connectivity index (χ1v) is 11.8. The number of hydrogen-bond donors (Lipinski definition) is 1. The van der Waals surface area contributed by atoms with Crippen LogP contribution >= 0.6 is 0 Å². The third-order valence-corrected chi connectivity index (χ3v) is 5.14. The monoisotopic (exact) mass is 456 g/mol. The van der Waals surface area contributed by atoms with Crippen LogP contribution in [0.2, 0.25) is 0 Å². The van der Waals surface area contributed by atoms with Gasteiger partial charge < -0.3 is 14.9 Å². The molecule has 8 nitrogen and oxygen atoms in total. The molecule has 0 aromatic heterocycles. The Morgan fingerprint density at radius 2 is 0.688 bits per heavy atom. The van der Waals surface area contributed by atoms with E-state index in [1.54, 1.807) is 0 Å². The number of ketones is 4. The van der Waals surface area contributed by atoms with Gasteiger partial charge in [0.15, 0.2) is 0 Å². The molecule has 0 radical (unpaired) electrons. The lowest BCUT2D eigenvalue weighted by Crippen LogP contribution is -2.39. The maximum Gasteiger partial charge on any atom is 0.300 e. The highest BCUT2D eigenvalue weighted by atomic mass is 16.4. The van der Waals surface area contributed by atoms with E-state index in [9.17, 15) is 19.2 Å². The molecule has 0 rings (SSSR count). The van der Waals surface area contributed by atoms with E-state index in [0.29, 0.717) is 77.5 Å². The molecule has 186 valence electrons. The molecule has 0 aromatic carbocycles. The number of nitrogens with zero attached hydrogens (tertiary/aromatic N) is 2. The number of carbonyl (C=O) groups is 5. The van der Waals surface area contributed by atoms with E-state index in [0.717, 1.165) is 20.0 Å². The Kier molecular flexibility index (Phi) is 21.1. The molecule has 0 fully saturated rings. The van der Waals surface area contributed by atoms with Gasteiger partial charge in [-0.1, -0.05) is 27.7 Å². The maximum atomic E-state index is 11.7. The minimum atomic E-state index is -0.833. The number of hydrogen-bond acceptors (Lipinski definition) is 7. The van der Waals surface area contributed by atoms with Crippen LogP contribution in [0.4, 0.5) is 0 Å². The molecule has 0 aromatic rings. The van der Waals surface area contributed by atoms with Gasteiger partial charge in [0.1, 0.15) is 23.1 Å². The van der Waals surface area contributed by atoms with Crippen molar-refractivity contribution in [2.75, 3.05) is 39.3 Å². The van der Waals surface area contributed by atoms with Crippen molar-refractivity contribution in [3.05, 3.63) is 0 Å². The fourth-order valence-electron chi connectivity index (χ4n) is 2.79. The van der Waals surface area contributed by atoms with Gasteiger partial charge in [0.2, 0.25) is 0 Å². The SMILES string of the molecule is CC(=O)O.CCC(=O)CCN(CCC(=O)CC)CCN(CCC(=O)CC)CCC(=O)CC. The predicted octanol–water partition coefficient (Wildman–Crippen LogP) is 3.16. The molecule has 1 N–H and O–H groups in total. The Morgan fingerprint density at radius 3 is 0.844 bits per heavy atom. The van der Waals surface area contributed by atoms with Crippen molar-refractivity contribution in [2.24, 2.45) is 0 Å². The zero-order chi connectivity index (χ0) is 24.9. The first-order valence-electron chi connectivity index (χ1n) is 11.8. The zero-order valence-corrected chi connectivity index (χ0v) is 20.8. The highest BCUT2D eigenvalue weighted by Gasteiger charge is 2.14. The van der Waals surface area contributed by atoms with Crippen molar-refractivity contribution in [1.29, 1.82) is 0 Å². The van der Waals surface area contributed by atoms with Gasteiger partial charge in [-0.05, 0) is 0 Å². The second kappa shape index (κ2) is 20.9. The van der Waals surface area contributed by atoms with E-state index >= 15 is 0 Å². The fourth-order valence-corrected chi connectivity index (χ4v) is 2.79. The maximum absolute atomic E-state index is 11.7. The van der Waals surface area contributed by atoms with Gasteiger partial charge >= 0.3 is 0 Å². The lowest BCUT2D eigenvalue weighted by molar-refractivity contribution is -0.134. The Balaban J connectivity index is 0. The van der Waals surface area contributed by atoms with E-state index in [1.165, 1.54) is 0 Å². The molecule has 0 spiro atoms. The average Bonchev–Trinajstić information content (AvgIpc) is 2.77. The van der Waals surface area contributed by atoms with Crippen LogP contribution in [0.5, 0.6) is 0 Å². The molecule has 0 aliphatic heterocycles. The lowest BCUT2D eigenvalue weighted by Gasteiger charge is -2.27. The highest BCUT2D eigenvalue weighted by Crippen LogP contribution is 2.04. The highest BCUT2D eigenvalue weighted by molar-refractivity contribution is 5.79. The number of Topliss-reactive ketones (excluding diaryl/α,β-unsaturated/α-hetero) is 4. The molecule has 0 saturated carbocycles. The Hall–Kier alpha value is -1.93. The quantitative estimate of drug-likeness (QED) is 0.315. The molecule has 0 heterocycles. The molecule has 0 saturated heterocycles. The van der Waals surface area contributed by atoms with Crippen LogP contribution in [0.1, 0.15) is 86.0 Å². The van der Waals surface area contributed by atoms with Crippen LogP contribution in [0.3, 0.4) is 0 Å². The van der Waals surface area contributed by atoms with Crippen LogP contribution in [-0.2, 0) is 24.0 Å². The molecular formula is C24H44N2O6. The predicted molar refractivity (Wildman–Crippen MR) is 126 cm³/mol. The third-order valence-electron chi connectivity index (χ3n) is 5.14. The molecule has 0 bridgehead atoms. The average molecular weight is 457 g/mol. The van der Waals surface area contributed by atoms with Crippen molar-refractivity contribution in [1.82, 2.24) is 9.80 Å². The van der Waals surface area contributed by atoms with Gasteiger partial charge in [0, 0.05) is 97.6 Å². The summed E-state index contributed by atoms with van der Waals surface area (Å²) in [5.74, 6) is 0.0769. The van der Waals surface area contributed by atoms with Gasteiger partial charge in [-0.25, -0.2) is 0 Å². The molecule has 0 aliphatic rings. The van der Waals surface area contributed by atoms with Crippen molar-refractivity contribution in [3.63, 3.8) is 0 Å². The van der Waals surface area contributed by atoms with Crippen molar-refractivity contribution >= 4 is 29.1 Å². The van der Waals surface area contributed by atoms with Crippen LogP contribution in [0.25, 0.3) is 0 Å². The topological polar surface area (TPSA) is 112 Å². The third kappa shape index (κ3) is 21.3. The number of carboxylic acids is 1. The molecular weight excluding hydrogens is 412 g/mol. The van der Waals surface area contributed by atoms with Crippen LogP contribution in [0, 0.1) is 0 Å². The number of rotatable bonds is 19. The van der Waals surface area contributed by atoms with E-state index in [-0.39, 0.29) is 23.1 Å². The van der Waals surface area contributed by atoms with Gasteiger partial charge in [-0.2, -0.15) is 0 Å². The van der Waals surface area contributed by atoms with Gasteiger partial charge in [-0.15, -0.1) is 0 Å². The standard InChI is InChI=1S/C22H40N2O4.C2H4O2/c1-5-19(25)9-13-23(14-10-20(26)6-2)17-18-24(15-11-21(27)7-3)16-12-22(28)8-4;1-2(3)4/h5-18H2,1-4H3;1H3,(H,3,4). The Bertz CT molecular complexity index is 489. The second-order valence-corrected chi connectivity index (χ2v) is 7.77. The first-order chi connectivity index (χ1) is 15.1. The van der Waals surface area contributed by atoms with Gasteiger partial charge in [0.25, 0.3) is 5.97 Å². The zero-order valence-electron chi connectivity index (χ0n) is 20.8. The minimum Gasteiger partial charge on any atom is -0.481 e. The summed E-state index contributed by atoms with van der Waals surface area (Å²) in [5, 5.41) is 7.42. The Labute approximate surface area is 193 Å². The largest absolute Gasteiger partial charge is 0.481 e. The van der Waals surface area contributed by atoms with Crippen LogP contribution in [-0.4, -0.2) is 83.3 Å². The van der Waals surface area contributed by atoms with Gasteiger partial charge in [0.05, 0.1) is 0 Å². The van der Waals surface area contributed by atoms with E-state index in [4.69, 9.17) is 9.90 Å². The molecule has 0 unspecified atom stereocenters. The smallest absolute Gasteiger partial charge is 0.300 e. The number of carboxylic acid groups (broad SMARTS) is 1. The van der Waals surface area contributed by atoms with E-state index in [1.807, 2.05) is 27.7 Å². The summed E-state index contributed by atoms with van der Waals surface area (Å²) in [4.78, 5) is 60.1. The van der Waals surface area contributed by atoms with Crippen molar-refractivity contribution in [2.45, 2.75) is 86.0 Å². The molecule has 32 heavy (non-hydrogen) atoms. The number of carbonyl (C=O) groups excluding carboxylic acids is 4. The molecule has 0 aliphatic carbocycles. The normalized spacial score (nSPS) is 10.6. The summed E-state index contributed by atoms with van der Waals surface area (Å²) in [6, 6.07) is 0. The fraction of sp³-hybridized carbons (Fsp3) is 0.792. The van der Waals surface area contributed by atoms with Crippen LogP contribution in [0.15, 0.2) is 0 Å². The molecule has 0 atom stereocenters. The Morgan fingerprint density at radius 1 is 0.500 bits per heavy atom. The molecule has 8 heteroatoms. The summed E-state index contributed by atoms with van der Waals surface area (Å²) in [6.45, 7) is 12.6. The summed E-state index contributed by atoms with van der Waals surface area (Å²) < 4.78 is 0. The van der Waals surface area contributed by atoms with E-state index < -0.39 is 5.97 Å². The second-order valence-electron chi connectivity index (χ2n) is 7.77. The lowest BCUT2D eigenvalue weighted by atomic mass is 10.1. The van der Waals surface area contributed by atoms with Crippen molar-refractivity contribution < 1.29 is 29.1 Å². The first kappa shape index (κ1) is 32.3. The van der Waals surface area contributed by atoms with Crippen LogP contribution < -0.4 is 0 Å². The molecule has 0 amide bonds. The number of aliphatic carboxylic acids is 1. The van der Waals surface area contributed by atoms with Crippen molar-refractivity contribution in [3.8, 4) is 0 Å². The van der Waals surface area contributed by atoms with E-state index in [2.05, 4.69) is 9.80 Å².